The van der Waals surface area contributed by atoms with Crippen LogP contribution < -0.4 is 10.6 Å². The summed E-state index contributed by atoms with van der Waals surface area (Å²) in [6.45, 7) is 6.45. The average Bonchev–Trinajstić information content (AvgIpc) is 3.15. The molecule has 0 bridgehead atoms. The van der Waals surface area contributed by atoms with Crippen LogP contribution in [-0.4, -0.2) is 11.8 Å². The molecule has 2 aromatic carbocycles. The SMILES string of the molecule is CC(C)(C)C1CCc2c(sc(NC(=O)c3ccccc3F)c2C(=O)Nc2cccc(C(F)(F)F)c2)C1. The Morgan fingerprint density at radius 1 is 0.972 bits per heavy atom. The Hall–Kier alpha value is -3.20. The van der Waals surface area contributed by atoms with Crippen molar-refractivity contribution in [1.29, 1.82) is 0 Å². The number of anilines is 2. The van der Waals surface area contributed by atoms with Gasteiger partial charge in [-0.15, -0.1) is 11.3 Å². The largest absolute Gasteiger partial charge is 0.416 e. The molecule has 190 valence electrons. The monoisotopic (exact) mass is 518 g/mol. The standard InChI is InChI=1S/C27H26F4N2O2S/c1-26(2,3)15-11-12-19-21(14-15)36-25(33-23(34)18-9-4-5-10-20(18)28)22(19)24(35)32-17-8-6-7-16(13-17)27(29,30)31/h4-10,13,15H,11-12,14H2,1-3H3,(H,32,35)(H,33,34). The van der Waals surface area contributed by atoms with Crippen molar-refractivity contribution in [2.75, 3.05) is 10.6 Å². The molecule has 4 nitrogen and oxygen atoms in total. The highest BCUT2D eigenvalue weighted by Crippen LogP contribution is 2.44. The zero-order valence-corrected chi connectivity index (χ0v) is 20.9. The third-order valence-corrected chi connectivity index (χ3v) is 7.68. The number of halogens is 4. The van der Waals surface area contributed by atoms with Crippen LogP contribution in [0.4, 0.5) is 28.3 Å². The Morgan fingerprint density at radius 3 is 2.36 bits per heavy atom. The van der Waals surface area contributed by atoms with Gasteiger partial charge in [-0.1, -0.05) is 39.0 Å². The van der Waals surface area contributed by atoms with Crippen molar-refractivity contribution >= 4 is 33.8 Å². The van der Waals surface area contributed by atoms with Gasteiger partial charge in [0.05, 0.1) is 16.7 Å². The lowest BCUT2D eigenvalue weighted by Gasteiger charge is -2.33. The summed E-state index contributed by atoms with van der Waals surface area (Å²) in [4.78, 5) is 27.2. The van der Waals surface area contributed by atoms with Gasteiger partial charge in [0, 0.05) is 10.6 Å². The lowest BCUT2D eigenvalue weighted by Crippen LogP contribution is -2.27. The van der Waals surface area contributed by atoms with E-state index in [0.717, 1.165) is 29.0 Å². The van der Waals surface area contributed by atoms with Crippen LogP contribution in [0.3, 0.4) is 0 Å². The first kappa shape index (κ1) is 25.9. The van der Waals surface area contributed by atoms with E-state index in [9.17, 15) is 27.2 Å². The topological polar surface area (TPSA) is 58.2 Å². The lowest BCUT2D eigenvalue weighted by atomic mass is 9.72. The molecular formula is C27H26F4N2O2S. The van der Waals surface area contributed by atoms with Gasteiger partial charge in [0.1, 0.15) is 10.8 Å². The molecule has 1 aliphatic carbocycles. The van der Waals surface area contributed by atoms with Gasteiger partial charge >= 0.3 is 6.18 Å². The number of benzene rings is 2. The summed E-state index contributed by atoms with van der Waals surface area (Å²) in [5, 5.41) is 5.49. The van der Waals surface area contributed by atoms with E-state index < -0.39 is 29.4 Å². The van der Waals surface area contributed by atoms with Crippen LogP contribution in [0.1, 0.15) is 63.9 Å². The fourth-order valence-corrected chi connectivity index (χ4v) is 5.76. The van der Waals surface area contributed by atoms with Crippen LogP contribution in [0.25, 0.3) is 0 Å². The molecule has 0 saturated carbocycles. The minimum absolute atomic E-state index is 0.00969. The number of amides is 2. The second-order valence-electron chi connectivity index (χ2n) is 9.98. The zero-order valence-electron chi connectivity index (χ0n) is 20.1. The van der Waals surface area contributed by atoms with Gasteiger partial charge in [-0.2, -0.15) is 13.2 Å². The van der Waals surface area contributed by atoms with Crippen molar-refractivity contribution in [2.24, 2.45) is 11.3 Å². The first-order chi connectivity index (χ1) is 16.8. The maximum atomic E-state index is 14.2. The molecule has 1 heterocycles. The predicted molar refractivity (Wildman–Crippen MR) is 133 cm³/mol. The molecule has 1 atom stereocenters. The molecule has 0 saturated heterocycles. The van der Waals surface area contributed by atoms with Crippen LogP contribution in [0, 0.1) is 17.2 Å². The van der Waals surface area contributed by atoms with Crippen LogP contribution in [-0.2, 0) is 19.0 Å². The Bertz CT molecular complexity index is 1310. The molecule has 36 heavy (non-hydrogen) atoms. The number of rotatable bonds is 4. The summed E-state index contributed by atoms with van der Waals surface area (Å²) in [6.07, 6.45) is -2.42. The van der Waals surface area contributed by atoms with Crippen molar-refractivity contribution in [1.82, 2.24) is 0 Å². The number of thiophene rings is 1. The van der Waals surface area contributed by atoms with Gasteiger partial charge in [-0.05, 0) is 66.5 Å². The molecule has 4 rings (SSSR count). The van der Waals surface area contributed by atoms with Gasteiger partial charge in [0.2, 0.25) is 0 Å². The van der Waals surface area contributed by atoms with E-state index in [0.29, 0.717) is 18.8 Å². The molecule has 1 unspecified atom stereocenters. The minimum atomic E-state index is -4.55. The van der Waals surface area contributed by atoms with E-state index in [4.69, 9.17) is 0 Å². The zero-order chi connectivity index (χ0) is 26.3. The molecule has 2 amide bonds. The Labute approximate surface area is 210 Å². The van der Waals surface area contributed by atoms with Crippen LogP contribution in [0.15, 0.2) is 48.5 Å². The number of hydrogen-bond acceptors (Lipinski definition) is 3. The van der Waals surface area contributed by atoms with Crippen molar-refractivity contribution in [3.8, 4) is 0 Å². The highest BCUT2D eigenvalue weighted by Gasteiger charge is 2.35. The van der Waals surface area contributed by atoms with E-state index >= 15 is 0 Å². The fraction of sp³-hybridized carbons (Fsp3) is 0.333. The summed E-state index contributed by atoms with van der Waals surface area (Å²) >= 11 is 1.26. The van der Waals surface area contributed by atoms with Gasteiger partial charge in [-0.3, -0.25) is 9.59 Å². The van der Waals surface area contributed by atoms with Crippen LogP contribution >= 0.6 is 11.3 Å². The number of alkyl halides is 3. The Kier molecular flexibility index (Phi) is 6.96. The smallest absolute Gasteiger partial charge is 0.322 e. The van der Waals surface area contributed by atoms with Crippen LogP contribution in [0.5, 0.6) is 0 Å². The molecule has 1 aliphatic rings. The first-order valence-electron chi connectivity index (χ1n) is 11.5. The molecule has 3 aromatic rings. The maximum Gasteiger partial charge on any atom is 0.416 e. The highest BCUT2D eigenvalue weighted by molar-refractivity contribution is 7.17. The number of carbonyl (C=O) groups is 2. The number of nitrogens with one attached hydrogen (secondary N) is 2. The minimum Gasteiger partial charge on any atom is -0.322 e. The van der Waals surface area contributed by atoms with Crippen LogP contribution in [0.2, 0.25) is 0 Å². The quantitative estimate of drug-likeness (QED) is 0.350. The van der Waals surface area contributed by atoms with Gasteiger partial charge in [0.25, 0.3) is 11.8 Å². The Balaban J connectivity index is 1.70. The van der Waals surface area contributed by atoms with Gasteiger partial charge < -0.3 is 10.6 Å². The number of hydrogen-bond donors (Lipinski definition) is 2. The number of fused-ring (bicyclic) bond motifs is 1. The molecular weight excluding hydrogens is 492 g/mol. The molecule has 2 N–H and O–H groups in total. The third kappa shape index (κ3) is 5.46. The normalized spacial score (nSPS) is 15.8. The second-order valence-corrected chi connectivity index (χ2v) is 11.1. The predicted octanol–water partition coefficient (Wildman–Crippen LogP) is 7.56. The highest BCUT2D eigenvalue weighted by atomic mass is 32.1. The van der Waals surface area contributed by atoms with Crippen molar-refractivity contribution in [2.45, 2.75) is 46.2 Å². The van der Waals surface area contributed by atoms with E-state index in [1.54, 1.807) is 0 Å². The number of carbonyl (C=O) groups excluding carboxylic acids is 2. The lowest BCUT2D eigenvalue weighted by molar-refractivity contribution is -0.137. The molecule has 9 heteroatoms. The summed E-state index contributed by atoms with van der Waals surface area (Å²) in [6, 6.07) is 9.90. The van der Waals surface area contributed by atoms with E-state index in [1.165, 1.54) is 47.7 Å². The van der Waals surface area contributed by atoms with Gasteiger partial charge in [-0.25, -0.2) is 4.39 Å². The first-order valence-corrected chi connectivity index (χ1v) is 12.3. The summed E-state index contributed by atoms with van der Waals surface area (Å²) in [5.41, 5.74) is -0.0316. The van der Waals surface area contributed by atoms with E-state index in [1.807, 2.05) is 0 Å². The third-order valence-electron chi connectivity index (χ3n) is 6.51. The molecule has 0 radical (unpaired) electrons. The summed E-state index contributed by atoms with van der Waals surface area (Å²) in [7, 11) is 0. The summed E-state index contributed by atoms with van der Waals surface area (Å²) < 4.78 is 53.7. The van der Waals surface area contributed by atoms with Crippen molar-refractivity contribution < 1.29 is 27.2 Å². The van der Waals surface area contributed by atoms with Gasteiger partial charge in [0.15, 0.2) is 0 Å². The molecule has 0 fully saturated rings. The van der Waals surface area contributed by atoms with E-state index in [-0.39, 0.29) is 27.2 Å². The second kappa shape index (κ2) is 9.69. The fourth-order valence-electron chi connectivity index (χ4n) is 4.44. The van der Waals surface area contributed by atoms with E-state index in [2.05, 4.69) is 31.4 Å². The molecule has 0 spiro atoms. The van der Waals surface area contributed by atoms with Crippen molar-refractivity contribution in [3.05, 3.63) is 81.5 Å². The average molecular weight is 519 g/mol. The Morgan fingerprint density at radius 2 is 1.69 bits per heavy atom. The van der Waals surface area contributed by atoms with Crippen molar-refractivity contribution in [3.63, 3.8) is 0 Å². The molecule has 1 aromatic heterocycles. The maximum absolute atomic E-state index is 14.2. The summed E-state index contributed by atoms with van der Waals surface area (Å²) in [5.74, 6) is -1.66. The molecule has 0 aliphatic heterocycles.